The van der Waals surface area contributed by atoms with E-state index in [1.165, 1.54) is 11.3 Å². The van der Waals surface area contributed by atoms with Crippen molar-refractivity contribution in [3.8, 4) is 23.0 Å². The summed E-state index contributed by atoms with van der Waals surface area (Å²) in [6.45, 7) is 2.56. The summed E-state index contributed by atoms with van der Waals surface area (Å²) in [5, 5.41) is 5.29. The molecule has 0 unspecified atom stereocenters. The number of nitrogens with zero attached hydrogens (tertiary/aromatic N) is 2. The number of ether oxygens (including phenoxy) is 5. The first kappa shape index (κ1) is 21.6. The molecule has 4 heterocycles. The molecule has 0 amide bonds. The normalized spacial score (nSPS) is 16.7. The van der Waals surface area contributed by atoms with Crippen molar-refractivity contribution in [1.82, 2.24) is 4.98 Å². The molecule has 0 saturated carbocycles. The summed E-state index contributed by atoms with van der Waals surface area (Å²) in [5.74, 6) is 2.31. The van der Waals surface area contributed by atoms with Gasteiger partial charge in [0.2, 0.25) is 18.3 Å². The van der Waals surface area contributed by atoms with E-state index in [1.54, 1.807) is 21.3 Å². The molecule has 2 aliphatic rings. The zero-order valence-corrected chi connectivity index (χ0v) is 19.7. The topological polar surface area (TPSA) is 107 Å². The van der Waals surface area contributed by atoms with Crippen molar-refractivity contribution >= 4 is 33.0 Å². The third-order valence-corrected chi connectivity index (χ3v) is 6.86. The predicted molar refractivity (Wildman–Crippen MR) is 125 cm³/mol. The van der Waals surface area contributed by atoms with Crippen LogP contribution in [-0.2, 0) is 22.6 Å². The SMILES string of the molecule is COCc1cc(C)nc2sc(C3=NO[C@@H](Cc4cc(OC)c5c(c4OC)OCO5)C3)c(N)c12. The number of oxime groups is 1. The van der Waals surface area contributed by atoms with E-state index in [2.05, 4.69) is 10.1 Å². The van der Waals surface area contributed by atoms with Gasteiger partial charge < -0.3 is 34.3 Å². The first-order valence-corrected chi connectivity index (χ1v) is 11.3. The summed E-state index contributed by atoms with van der Waals surface area (Å²) in [6, 6.07) is 3.90. The van der Waals surface area contributed by atoms with Gasteiger partial charge in [-0.3, -0.25) is 0 Å². The quantitative estimate of drug-likeness (QED) is 0.554. The Kier molecular flexibility index (Phi) is 5.63. The summed E-state index contributed by atoms with van der Waals surface area (Å²) >= 11 is 1.53. The van der Waals surface area contributed by atoms with Crippen LogP contribution < -0.4 is 24.7 Å². The molecule has 1 aromatic carbocycles. The van der Waals surface area contributed by atoms with Crippen molar-refractivity contribution in [2.75, 3.05) is 33.9 Å². The van der Waals surface area contributed by atoms with Crippen LogP contribution in [0.2, 0.25) is 0 Å². The van der Waals surface area contributed by atoms with Crippen LogP contribution in [0.5, 0.6) is 23.0 Å². The van der Waals surface area contributed by atoms with Gasteiger partial charge in [-0.1, -0.05) is 5.16 Å². The van der Waals surface area contributed by atoms with Crippen molar-refractivity contribution < 1.29 is 28.5 Å². The largest absolute Gasteiger partial charge is 0.493 e. The Hall–Kier alpha value is -3.24. The summed E-state index contributed by atoms with van der Waals surface area (Å²) < 4.78 is 27.6. The summed E-state index contributed by atoms with van der Waals surface area (Å²) in [5.41, 5.74) is 10.9. The zero-order valence-electron chi connectivity index (χ0n) is 18.9. The average molecular weight is 472 g/mol. The fourth-order valence-corrected chi connectivity index (χ4v) is 5.51. The molecule has 3 aromatic rings. The Morgan fingerprint density at radius 2 is 1.94 bits per heavy atom. The maximum absolute atomic E-state index is 6.55. The summed E-state index contributed by atoms with van der Waals surface area (Å²) in [7, 11) is 4.87. The van der Waals surface area contributed by atoms with Crippen LogP contribution in [0.15, 0.2) is 17.3 Å². The number of thiophene rings is 1. The number of methoxy groups -OCH3 is 3. The molecule has 5 rings (SSSR count). The highest BCUT2D eigenvalue weighted by molar-refractivity contribution is 7.21. The summed E-state index contributed by atoms with van der Waals surface area (Å²) in [6.07, 6.45) is 0.979. The molecule has 174 valence electrons. The van der Waals surface area contributed by atoms with E-state index >= 15 is 0 Å². The van der Waals surface area contributed by atoms with Crippen LogP contribution in [0.4, 0.5) is 5.69 Å². The standard InChI is InChI=1S/C23H25N3O6S/c1-11-5-13(9-27-2)17-18(24)22(33-23(17)25-11)15-8-14(32-26-15)6-12-7-16(28-3)20-21(19(12)29-4)31-10-30-20/h5,7,14H,6,8-10,24H2,1-4H3/t14-/m0/s1. The third-order valence-electron chi connectivity index (χ3n) is 5.72. The van der Waals surface area contributed by atoms with Crippen molar-refractivity contribution in [2.45, 2.75) is 32.5 Å². The minimum atomic E-state index is -0.184. The maximum Gasteiger partial charge on any atom is 0.231 e. The van der Waals surface area contributed by atoms with E-state index in [9.17, 15) is 0 Å². The Morgan fingerprint density at radius 3 is 2.70 bits per heavy atom. The monoisotopic (exact) mass is 471 g/mol. The van der Waals surface area contributed by atoms with Gasteiger partial charge in [-0.05, 0) is 24.6 Å². The molecular weight excluding hydrogens is 446 g/mol. The lowest BCUT2D eigenvalue weighted by Crippen LogP contribution is -2.13. The number of benzene rings is 1. The van der Waals surface area contributed by atoms with E-state index in [1.807, 2.05) is 19.1 Å². The Bertz CT molecular complexity index is 1260. The maximum atomic E-state index is 6.55. The molecular formula is C23H25N3O6S. The first-order chi connectivity index (χ1) is 16.0. The number of nitrogens with two attached hydrogens (primary N) is 1. The molecule has 0 spiro atoms. The number of hydrogen-bond acceptors (Lipinski definition) is 10. The number of nitrogen functional groups attached to an aromatic ring is 1. The van der Waals surface area contributed by atoms with Crippen LogP contribution >= 0.6 is 11.3 Å². The molecule has 2 aromatic heterocycles. The van der Waals surface area contributed by atoms with Crippen LogP contribution in [-0.4, -0.2) is 44.9 Å². The van der Waals surface area contributed by atoms with E-state index in [0.29, 0.717) is 48.1 Å². The average Bonchev–Trinajstić information content (AvgIpc) is 3.52. The number of aryl methyl sites for hydroxylation is 1. The zero-order chi connectivity index (χ0) is 23.1. The van der Waals surface area contributed by atoms with Gasteiger partial charge in [0.1, 0.15) is 16.6 Å². The molecule has 33 heavy (non-hydrogen) atoms. The number of rotatable bonds is 7. The highest BCUT2D eigenvalue weighted by Crippen LogP contribution is 2.50. The van der Waals surface area contributed by atoms with Crippen LogP contribution in [0.1, 0.15) is 28.1 Å². The lowest BCUT2D eigenvalue weighted by atomic mass is 10.0. The minimum Gasteiger partial charge on any atom is -0.493 e. The Balaban J connectivity index is 1.42. The van der Waals surface area contributed by atoms with E-state index in [0.717, 1.165) is 37.6 Å². The van der Waals surface area contributed by atoms with Crippen LogP contribution in [0, 0.1) is 6.92 Å². The molecule has 0 radical (unpaired) electrons. The molecule has 0 fully saturated rings. The lowest BCUT2D eigenvalue weighted by Gasteiger charge is -2.15. The van der Waals surface area contributed by atoms with Crippen LogP contribution in [0.25, 0.3) is 10.2 Å². The predicted octanol–water partition coefficient (Wildman–Crippen LogP) is 3.81. The highest BCUT2D eigenvalue weighted by Gasteiger charge is 2.31. The molecule has 0 saturated heterocycles. The van der Waals surface area contributed by atoms with Gasteiger partial charge >= 0.3 is 0 Å². The van der Waals surface area contributed by atoms with E-state index < -0.39 is 0 Å². The van der Waals surface area contributed by atoms with Crippen molar-refractivity contribution in [1.29, 1.82) is 0 Å². The number of hydrogen-bond donors (Lipinski definition) is 1. The van der Waals surface area contributed by atoms with Crippen molar-refractivity contribution in [3.05, 3.63) is 33.8 Å². The molecule has 0 bridgehead atoms. The van der Waals surface area contributed by atoms with Crippen molar-refractivity contribution in [2.24, 2.45) is 5.16 Å². The molecule has 9 nitrogen and oxygen atoms in total. The second kappa shape index (κ2) is 8.60. The lowest BCUT2D eigenvalue weighted by molar-refractivity contribution is 0.0853. The second-order valence-corrected chi connectivity index (χ2v) is 8.89. The Morgan fingerprint density at radius 1 is 1.12 bits per heavy atom. The van der Waals surface area contributed by atoms with Gasteiger partial charge in [0, 0.05) is 36.6 Å². The number of anilines is 1. The second-order valence-electron chi connectivity index (χ2n) is 7.89. The summed E-state index contributed by atoms with van der Waals surface area (Å²) in [4.78, 5) is 12.2. The smallest absolute Gasteiger partial charge is 0.231 e. The van der Waals surface area contributed by atoms with Gasteiger partial charge in [0.05, 0.1) is 31.4 Å². The fourth-order valence-electron chi connectivity index (χ4n) is 4.33. The third kappa shape index (κ3) is 3.68. The first-order valence-electron chi connectivity index (χ1n) is 10.5. The molecule has 10 heteroatoms. The van der Waals surface area contributed by atoms with Crippen molar-refractivity contribution in [3.63, 3.8) is 0 Å². The van der Waals surface area contributed by atoms with E-state index in [4.69, 9.17) is 34.3 Å². The molecule has 0 aliphatic carbocycles. The number of aromatic nitrogens is 1. The molecule has 1 atom stereocenters. The van der Waals surface area contributed by atoms with Gasteiger partial charge in [-0.25, -0.2) is 4.98 Å². The van der Waals surface area contributed by atoms with Crippen LogP contribution in [0.3, 0.4) is 0 Å². The minimum absolute atomic E-state index is 0.127. The van der Waals surface area contributed by atoms with Gasteiger partial charge in [-0.2, -0.15) is 0 Å². The highest BCUT2D eigenvalue weighted by atomic mass is 32.1. The number of pyridine rings is 1. The molecule has 2 aliphatic heterocycles. The number of fused-ring (bicyclic) bond motifs is 2. The Labute approximate surface area is 195 Å². The van der Waals surface area contributed by atoms with Gasteiger partial charge in [-0.15, -0.1) is 11.3 Å². The molecule has 2 N–H and O–H groups in total. The fraction of sp³-hybridized carbons (Fsp3) is 0.391. The van der Waals surface area contributed by atoms with E-state index in [-0.39, 0.29) is 12.9 Å². The van der Waals surface area contributed by atoms with Gasteiger partial charge in [0.25, 0.3) is 0 Å². The van der Waals surface area contributed by atoms with Gasteiger partial charge in [0.15, 0.2) is 11.5 Å².